The van der Waals surface area contributed by atoms with Gasteiger partial charge >= 0.3 is 0 Å². The summed E-state index contributed by atoms with van der Waals surface area (Å²) in [5.74, 6) is 0.993. The predicted molar refractivity (Wildman–Crippen MR) is 107 cm³/mol. The maximum absolute atomic E-state index is 2.32. The zero-order valence-corrected chi connectivity index (χ0v) is 15.2. The monoisotopic (exact) mass is 327 g/mol. The molecule has 0 aromatic heterocycles. The summed E-state index contributed by atoms with van der Waals surface area (Å²) in [5, 5.41) is 0. The highest BCUT2D eigenvalue weighted by Crippen LogP contribution is 2.45. The van der Waals surface area contributed by atoms with Crippen molar-refractivity contribution in [3.05, 3.63) is 95.1 Å². The van der Waals surface area contributed by atoms with E-state index < -0.39 is 0 Å². The van der Waals surface area contributed by atoms with Crippen molar-refractivity contribution in [2.75, 3.05) is 11.9 Å². The second-order valence-electron chi connectivity index (χ2n) is 7.33. The van der Waals surface area contributed by atoms with Gasteiger partial charge in [0, 0.05) is 24.3 Å². The molecule has 1 heteroatoms. The van der Waals surface area contributed by atoms with Gasteiger partial charge in [-0.05, 0) is 46.7 Å². The predicted octanol–water partition coefficient (Wildman–Crippen LogP) is 6.27. The van der Waals surface area contributed by atoms with Crippen molar-refractivity contribution in [1.82, 2.24) is 0 Å². The first-order chi connectivity index (χ1) is 12.1. The Labute approximate surface area is 150 Å². The average molecular weight is 327 g/mol. The Hall–Kier alpha value is -2.54. The van der Waals surface area contributed by atoms with Gasteiger partial charge in [0.2, 0.25) is 0 Å². The molecule has 0 radical (unpaired) electrons. The summed E-state index contributed by atoms with van der Waals surface area (Å²) >= 11 is 0. The third-order valence-electron chi connectivity index (χ3n) is 5.43. The lowest BCUT2D eigenvalue weighted by atomic mass is 9.81. The molecule has 3 aromatic carbocycles. The van der Waals surface area contributed by atoms with Gasteiger partial charge < -0.3 is 4.90 Å². The van der Waals surface area contributed by atoms with Crippen LogP contribution in [0, 0.1) is 0 Å². The van der Waals surface area contributed by atoms with Crippen LogP contribution in [0.4, 0.5) is 11.4 Å². The SMILES string of the molecule is CC(C)c1ccc(CC2c3ccccc3N(C)c3ccccc32)cc1. The molecule has 1 aliphatic heterocycles. The topological polar surface area (TPSA) is 3.24 Å². The van der Waals surface area contributed by atoms with Crippen LogP contribution in [-0.4, -0.2) is 7.05 Å². The number of hydrogen-bond acceptors (Lipinski definition) is 1. The van der Waals surface area contributed by atoms with Crippen LogP contribution in [0.3, 0.4) is 0 Å². The number of hydrogen-bond donors (Lipinski definition) is 0. The van der Waals surface area contributed by atoms with Gasteiger partial charge in [0.1, 0.15) is 0 Å². The van der Waals surface area contributed by atoms with Crippen LogP contribution >= 0.6 is 0 Å². The van der Waals surface area contributed by atoms with Crippen LogP contribution in [0.15, 0.2) is 72.8 Å². The highest BCUT2D eigenvalue weighted by atomic mass is 15.1. The van der Waals surface area contributed by atoms with E-state index in [2.05, 4.69) is 98.6 Å². The molecule has 0 aliphatic carbocycles. The number of benzene rings is 3. The molecule has 0 saturated heterocycles. The van der Waals surface area contributed by atoms with Crippen molar-refractivity contribution in [1.29, 1.82) is 0 Å². The summed E-state index contributed by atoms with van der Waals surface area (Å²) < 4.78 is 0. The second-order valence-corrected chi connectivity index (χ2v) is 7.33. The summed E-state index contributed by atoms with van der Waals surface area (Å²) in [7, 11) is 2.17. The molecule has 1 nitrogen and oxygen atoms in total. The minimum absolute atomic E-state index is 0.411. The van der Waals surface area contributed by atoms with Crippen LogP contribution in [-0.2, 0) is 6.42 Å². The van der Waals surface area contributed by atoms with Crippen LogP contribution in [0.2, 0.25) is 0 Å². The lowest BCUT2D eigenvalue weighted by Gasteiger charge is -2.35. The fraction of sp³-hybridized carbons (Fsp3) is 0.250. The fourth-order valence-corrected chi connectivity index (χ4v) is 3.97. The van der Waals surface area contributed by atoms with Gasteiger partial charge in [0.05, 0.1) is 0 Å². The summed E-state index contributed by atoms with van der Waals surface area (Å²) in [4.78, 5) is 2.32. The smallest absolute Gasteiger partial charge is 0.0447 e. The van der Waals surface area contributed by atoms with Crippen molar-refractivity contribution in [3.63, 3.8) is 0 Å². The summed E-state index contributed by atoms with van der Waals surface area (Å²) in [5.41, 5.74) is 8.32. The maximum Gasteiger partial charge on any atom is 0.0447 e. The molecule has 0 fully saturated rings. The number of nitrogens with zero attached hydrogens (tertiary/aromatic N) is 1. The van der Waals surface area contributed by atoms with E-state index in [1.807, 2.05) is 0 Å². The molecule has 0 atom stereocenters. The van der Waals surface area contributed by atoms with Crippen molar-refractivity contribution < 1.29 is 0 Å². The third-order valence-corrected chi connectivity index (χ3v) is 5.43. The summed E-state index contributed by atoms with van der Waals surface area (Å²) in [6.45, 7) is 4.50. The lowest BCUT2D eigenvalue weighted by Crippen LogP contribution is -2.22. The first-order valence-electron chi connectivity index (χ1n) is 9.15. The molecule has 0 N–H and O–H groups in total. The molecule has 0 saturated carbocycles. The Bertz CT molecular complexity index is 829. The Morgan fingerprint density at radius 1 is 0.760 bits per heavy atom. The Morgan fingerprint density at radius 2 is 1.28 bits per heavy atom. The highest BCUT2D eigenvalue weighted by Gasteiger charge is 2.28. The van der Waals surface area contributed by atoms with Gasteiger partial charge in [0.25, 0.3) is 0 Å². The van der Waals surface area contributed by atoms with Crippen LogP contribution in [0.25, 0.3) is 0 Å². The fourth-order valence-electron chi connectivity index (χ4n) is 3.97. The number of fused-ring (bicyclic) bond motifs is 2. The maximum atomic E-state index is 2.32. The molecule has 0 amide bonds. The van der Waals surface area contributed by atoms with Crippen LogP contribution in [0.1, 0.15) is 47.9 Å². The van der Waals surface area contributed by atoms with E-state index in [-0.39, 0.29) is 0 Å². The minimum atomic E-state index is 0.411. The number of anilines is 2. The molecule has 25 heavy (non-hydrogen) atoms. The van der Waals surface area contributed by atoms with Crippen molar-refractivity contribution in [3.8, 4) is 0 Å². The molecule has 0 bridgehead atoms. The van der Waals surface area contributed by atoms with E-state index in [0.29, 0.717) is 11.8 Å². The molecule has 126 valence electrons. The van der Waals surface area contributed by atoms with Gasteiger partial charge in [-0.15, -0.1) is 0 Å². The van der Waals surface area contributed by atoms with Crippen molar-refractivity contribution in [2.45, 2.75) is 32.1 Å². The van der Waals surface area contributed by atoms with E-state index in [4.69, 9.17) is 0 Å². The van der Waals surface area contributed by atoms with Gasteiger partial charge in [-0.2, -0.15) is 0 Å². The molecular weight excluding hydrogens is 302 g/mol. The van der Waals surface area contributed by atoms with E-state index in [0.717, 1.165) is 6.42 Å². The first kappa shape index (κ1) is 16.0. The lowest BCUT2D eigenvalue weighted by molar-refractivity contribution is 0.783. The zero-order valence-electron chi connectivity index (χ0n) is 15.2. The third kappa shape index (κ3) is 2.84. The van der Waals surface area contributed by atoms with E-state index in [1.165, 1.54) is 33.6 Å². The number of rotatable bonds is 3. The summed E-state index contributed by atoms with van der Waals surface area (Å²) in [6.07, 6.45) is 1.04. The Balaban J connectivity index is 1.75. The number of para-hydroxylation sites is 2. The van der Waals surface area contributed by atoms with Crippen molar-refractivity contribution >= 4 is 11.4 Å². The van der Waals surface area contributed by atoms with E-state index >= 15 is 0 Å². The quantitative estimate of drug-likeness (QED) is 0.548. The van der Waals surface area contributed by atoms with E-state index in [1.54, 1.807) is 0 Å². The minimum Gasteiger partial charge on any atom is -0.344 e. The summed E-state index contributed by atoms with van der Waals surface area (Å²) in [6, 6.07) is 26.8. The zero-order chi connectivity index (χ0) is 17.4. The molecule has 4 rings (SSSR count). The second kappa shape index (κ2) is 6.40. The van der Waals surface area contributed by atoms with Crippen LogP contribution < -0.4 is 4.90 Å². The van der Waals surface area contributed by atoms with Gasteiger partial charge in [-0.25, -0.2) is 0 Å². The Kier molecular flexibility index (Phi) is 4.09. The molecule has 0 unspecified atom stereocenters. The first-order valence-corrected chi connectivity index (χ1v) is 9.15. The standard InChI is InChI=1S/C24H25N/c1-17(2)19-14-12-18(13-15-19)16-22-20-8-4-6-10-23(20)25(3)24-11-7-5-9-21(22)24/h4-15,17,22H,16H2,1-3H3. The molecule has 1 heterocycles. The van der Waals surface area contributed by atoms with Gasteiger partial charge in [-0.3, -0.25) is 0 Å². The van der Waals surface area contributed by atoms with Gasteiger partial charge in [0.15, 0.2) is 0 Å². The molecule has 3 aromatic rings. The highest BCUT2D eigenvalue weighted by molar-refractivity contribution is 5.75. The van der Waals surface area contributed by atoms with Gasteiger partial charge in [-0.1, -0.05) is 74.5 Å². The molecule has 1 aliphatic rings. The normalized spacial score (nSPS) is 13.7. The Morgan fingerprint density at radius 3 is 1.80 bits per heavy atom. The molecule has 0 spiro atoms. The molecular formula is C24H25N. The van der Waals surface area contributed by atoms with Crippen LogP contribution in [0.5, 0.6) is 0 Å². The average Bonchev–Trinajstić information content (AvgIpc) is 2.65. The largest absolute Gasteiger partial charge is 0.344 e. The van der Waals surface area contributed by atoms with Crippen molar-refractivity contribution in [2.24, 2.45) is 0 Å². The van der Waals surface area contributed by atoms with E-state index in [9.17, 15) is 0 Å².